The second kappa shape index (κ2) is 4.82. The smallest absolute Gasteiger partial charge is 0.423 e. The minimum Gasteiger partial charge on any atom is -0.423 e. The van der Waals surface area contributed by atoms with Crippen molar-refractivity contribution in [3.63, 3.8) is 0 Å². The van der Waals surface area contributed by atoms with Crippen molar-refractivity contribution in [2.75, 3.05) is 0 Å². The van der Waals surface area contributed by atoms with E-state index in [0.29, 0.717) is 0 Å². The number of hydrogen-bond acceptors (Lipinski definition) is 3. The minimum absolute atomic E-state index is 0.0537. The third kappa shape index (κ3) is 4.47. The average Bonchev–Trinajstić information content (AvgIpc) is 1.87. The Balaban J connectivity index is 4.36. The fraction of sp³-hybridized carbons (Fsp3) is 0.167. The van der Waals surface area contributed by atoms with Gasteiger partial charge in [0, 0.05) is 6.21 Å². The topological polar surface area (TPSA) is 64.3 Å². The van der Waals surface area contributed by atoms with Crippen molar-refractivity contribution in [3.8, 4) is 0 Å². The predicted molar refractivity (Wildman–Crippen MR) is 41.9 cm³/mol. The molecule has 0 heterocycles. The zero-order valence-electron chi connectivity index (χ0n) is 6.08. The molecule has 11 heavy (non-hydrogen) atoms. The van der Waals surface area contributed by atoms with Gasteiger partial charge in [-0.05, 0) is 18.5 Å². The SMILES string of the molecule is C/C(F)=C\C=C(/C=N)B(O)O. The summed E-state index contributed by atoms with van der Waals surface area (Å²) in [7, 11) is -1.72. The molecule has 0 aliphatic rings. The first kappa shape index (κ1) is 10.1. The molecule has 0 spiro atoms. The minimum atomic E-state index is -1.72. The van der Waals surface area contributed by atoms with Gasteiger partial charge in [-0.25, -0.2) is 4.39 Å². The van der Waals surface area contributed by atoms with Crippen LogP contribution in [0.5, 0.6) is 0 Å². The van der Waals surface area contributed by atoms with Crippen molar-refractivity contribution in [3.05, 3.63) is 23.5 Å². The Morgan fingerprint density at radius 3 is 2.27 bits per heavy atom. The lowest BCUT2D eigenvalue weighted by molar-refractivity contribution is 0.422. The Bertz CT molecular complexity index is 197. The van der Waals surface area contributed by atoms with Gasteiger partial charge in [0.2, 0.25) is 0 Å². The van der Waals surface area contributed by atoms with Crippen LogP contribution in [0.1, 0.15) is 6.92 Å². The molecule has 0 saturated heterocycles. The second-order valence-corrected chi connectivity index (χ2v) is 1.94. The largest absolute Gasteiger partial charge is 0.489 e. The molecule has 0 radical (unpaired) electrons. The molecule has 0 aliphatic heterocycles. The second-order valence-electron chi connectivity index (χ2n) is 1.94. The molecule has 0 atom stereocenters. The van der Waals surface area contributed by atoms with E-state index >= 15 is 0 Å². The van der Waals surface area contributed by atoms with E-state index in [1.807, 2.05) is 0 Å². The summed E-state index contributed by atoms with van der Waals surface area (Å²) in [5.74, 6) is -0.454. The summed E-state index contributed by atoms with van der Waals surface area (Å²) in [5, 5.41) is 23.7. The van der Waals surface area contributed by atoms with E-state index in [1.165, 1.54) is 6.92 Å². The summed E-state index contributed by atoms with van der Waals surface area (Å²) >= 11 is 0. The van der Waals surface area contributed by atoms with Crippen LogP contribution in [0.25, 0.3) is 0 Å². The van der Waals surface area contributed by atoms with Gasteiger partial charge in [0.15, 0.2) is 0 Å². The highest BCUT2D eigenvalue weighted by Crippen LogP contribution is 1.97. The Hall–Kier alpha value is -0.935. The molecule has 0 bridgehead atoms. The lowest BCUT2D eigenvalue weighted by Crippen LogP contribution is -2.15. The van der Waals surface area contributed by atoms with Gasteiger partial charge in [-0.3, -0.25) is 0 Å². The van der Waals surface area contributed by atoms with Crippen LogP contribution >= 0.6 is 0 Å². The molecule has 0 amide bonds. The first-order valence-corrected chi connectivity index (χ1v) is 2.98. The number of nitrogens with one attached hydrogen (secondary N) is 1. The molecule has 3 nitrogen and oxygen atoms in total. The van der Waals surface area contributed by atoms with Crippen LogP contribution in [0.2, 0.25) is 0 Å². The maximum absolute atomic E-state index is 12.0. The summed E-state index contributed by atoms with van der Waals surface area (Å²) in [6, 6.07) is 0. The highest BCUT2D eigenvalue weighted by Gasteiger charge is 2.10. The Kier molecular flexibility index (Phi) is 4.41. The van der Waals surface area contributed by atoms with Gasteiger partial charge in [0.1, 0.15) is 0 Å². The summed E-state index contributed by atoms with van der Waals surface area (Å²) in [6.45, 7) is 1.22. The van der Waals surface area contributed by atoms with Crippen LogP contribution in [0.4, 0.5) is 4.39 Å². The quantitative estimate of drug-likeness (QED) is 0.316. The Morgan fingerprint density at radius 1 is 1.45 bits per heavy atom. The average molecular weight is 157 g/mol. The molecule has 0 aliphatic carbocycles. The number of hydrogen-bond donors (Lipinski definition) is 3. The molecule has 0 rings (SSSR count). The normalized spacial score (nSPS) is 13.1. The van der Waals surface area contributed by atoms with Crippen LogP contribution in [0.15, 0.2) is 23.5 Å². The lowest BCUT2D eigenvalue weighted by atomic mass is 9.80. The monoisotopic (exact) mass is 157 g/mol. The molecular formula is C6H9BFNO2. The number of rotatable bonds is 3. The third-order valence-electron chi connectivity index (χ3n) is 0.970. The highest BCUT2D eigenvalue weighted by atomic mass is 19.1. The van der Waals surface area contributed by atoms with Gasteiger partial charge in [0.25, 0.3) is 0 Å². The van der Waals surface area contributed by atoms with Crippen LogP contribution in [-0.2, 0) is 0 Å². The van der Waals surface area contributed by atoms with Gasteiger partial charge in [-0.1, -0.05) is 6.08 Å². The molecule has 0 fully saturated rings. The van der Waals surface area contributed by atoms with Crippen LogP contribution in [0.3, 0.4) is 0 Å². The maximum Gasteiger partial charge on any atom is 0.489 e. The van der Waals surface area contributed by atoms with E-state index in [4.69, 9.17) is 15.5 Å². The molecule has 60 valence electrons. The zero-order chi connectivity index (χ0) is 8.85. The third-order valence-corrected chi connectivity index (χ3v) is 0.970. The van der Waals surface area contributed by atoms with Gasteiger partial charge in [-0.15, -0.1) is 0 Å². The summed E-state index contributed by atoms with van der Waals surface area (Å²) in [5.41, 5.74) is -0.0537. The standard InChI is InChI=1S/C6H9BFNO2/c1-5(8)2-3-6(4-9)7(10)11/h2-4,9-11H,1H3/b5-2+,6-3+,9-4?. The molecule has 0 unspecified atom stereocenters. The van der Waals surface area contributed by atoms with E-state index in [1.54, 1.807) is 0 Å². The van der Waals surface area contributed by atoms with E-state index < -0.39 is 12.9 Å². The van der Waals surface area contributed by atoms with Crippen molar-refractivity contribution >= 4 is 13.3 Å². The van der Waals surface area contributed by atoms with Gasteiger partial charge < -0.3 is 15.5 Å². The Labute approximate surface area is 64.5 Å². The van der Waals surface area contributed by atoms with Crippen LogP contribution < -0.4 is 0 Å². The molecule has 5 heteroatoms. The molecular weight excluding hydrogens is 148 g/mol. The van der Waals surface area contributed by atoms with E-state index in [0.717, 1.165) is 18.4 Å². The molecule has 0 saturated carbocycles. The van der Waals surface area contributed by atoms with E-state index in [-0.39, 0.29) is 5.47 Å². The molecule has 0 aromatic carbocycles. The fourth-order valence-corrected chi connectivity index (χ4v) is 0.420. The summed E-state index contributed by atoms with van der Waals surface area (Å²) in [6.07, 6.45) is 2.94. The van der Waals surface area contributed by atoms with Crippen molar-refractivity contribution in [2.45, 2.75) is 6.92 Å². The van der Waals surface area contributed by atoms with Crippen molar-refractivity contribution in [1.82, 2.24) is 0 Å². The maximum atomic E-state index is 12.0. The zero-order valence-corrected chi connectivity index (χ0v) is 6.08. The molecule has 0 aromatic rings. The first-order valence-electron chi connectivity index (χ1n) is 2.98. The van der Waals surface area contributed by atoms with Crippen molar-refractivity contribution in [2.24, 2.45) is 0 Å². The van der Waals surface area contributed by atoms with Crippen LogP contribution in [0, 0.1) is 5.41 Å². The number of halogens is 1. The lowest BCUT2D eigenvalue weighted by Gasteiger charge is -1.94. The fourth-order valence-electron chi connectivity index (χ4n) is 0.420. The van der Waals surface area contributed by atoms with Gasteiger partial charge in [0.05, 0.1) is 5.83 Å². The van der Waals surface area contributed by atoms with E-state index in [2.05, 4.69) is 0 Å². The van der Waals surface area contributed by atoms with Crippen molar-refractivity contribution in [1.29, 1.82) is 5.41 Å². The number of allylic oxidation sites excluding steroid dienone is 4. The highest BCUT2D eigenvalue weighted by molar-refractivity contribution is 6.56. The van der Waals surface area contributed by atoms with Crippen LogP contribution in [-0.4, -0.2) is 23.4 Å². The summed E-state index contributed by atoms with van der Waals surface area (Å²) in [4.78, 5) is 0. The Morgan fingerprint density at radius 2 is 2.00 bits per heavy atom. The van der Waals surface area contributed by atoms with Crippen molar-refractivity contribution < 1.29 is 14.4 Å². The summed E-state index contributed by atoms with van der Waals surface area (Å²) < 4.78 is 12.0. The van der Waals surface area contributed by atoms with E-state index in [9.17, 15) is 4.39 Å². The van der Waals surface area contributed by atoms with Gasteiger partial charge >= 0.3 is 7.12 Å². The molecule has 0 aromatic heterocycles. The predicted octanol–water partition coefficient (Wildman–Crippen LogP) is 0.448. The first-order chi connectivity index (χ1) is 5.07. The molecule has 3 N–H and O–H groups in total. The van der Waals surface area contributed by atoms with Gasteiger partial charge in [-0.2, -0.15) is 0 Å².